The lowest BCUT2D eigenvalue weighted by molar-refractivity contribution is -0.137. The summed E-state index contributed by atoms with van der Waals surface area (Å²) < 4.78 is 48.9. The van der Waals surface area contributed by atoms with E-state index in [-0.39, 0.29) is 29.9 Å². The van der Waals surface area contributed by atoms with E-state index in [2.05, 4.69) is 10.6 Å². The third kappa shape index (κ3) is 6.66. The Bertz CT molecular complexity index is 536. The molecule has 0 aliphatic carbocycles. The molecule has 0 fully saturated rings. The van der Waals surface area contributed by atoms with E-state index in [1.165, 1.54) is 13.2 Å². The number of rotatable bonds is 9. The molecule has 1 amide bonds. The molecule has 1 rings (SSSR count). The molecule has 0 aliphatic rings. The van der Waals surface area contributed by atoms with Crippen molar-refractivity contribution in [1.29, 1.82) is 0 Å². The molecule has 0 heterocycles. The van der Waals surface area contributed by atoms with Crippen molar-refractivity contribution in [2.75, 3.05) is 32.2 Å². The second kappa shape index (κ2) is 9.36. The molecule has 1 atom stereocenters. The smallest absolute Gasteiger partial charge is 0.416 e. The van der Waals surface area contributed by atoms with Crippen molar-refractivity contribution in [3.8, 4) is 5.75 Å². The molecular formula is C16H23F3N2O3. The van der Waals surface area contributed by atoms with Crippen LogP contribution in [0.5, 0.6) is 5.75 Å². The lowest BCUT2D eigenvalue weighted by atomic mass is 10.1. The van der Waals surface area contributed by atoms with Gasteiger partial charge in [-0.05, 0) is 31.5 Å². The van der Waals surface area contributed by atoms with Crippen LogP contribution in [0.2, 0.25) is 0 Å². The van der Waals surface area contributed by atoms with Gasteiger partial charge in [0.1, 0.15) is 5.75 Å². The van der Waals surface area contributed by atoms with Crippen LogP contribution in [0.3, 0.4) is 0 Å². The summed E-state index contributed by atoms with van der Waals surface area (Å²) in [6.07, 6.45) is -3.75. The van der Waals surface area contributed by atoms with E-state index in [9.17, 15) is 18.0 Å². The number of benzene rings is 1. The topological polar surface area (TPSA) is 59.6 Å². The summed E-state index contributed by atoms with van der Waals surface area (Å²) in [5.74, 6) is -0.0685. The largest absolute Gasteiger partial charge is 0.491 e. The van der Waals surface area contributed by atoms with E-state index in [1.807, 2.05) is 6.92 Å². The van der Waals surface area contributed by atoms with Crippen molar-refractivity contribution in [3.05, 3.63) is 23.8 Å². The molecule has 136 valence electrons. The number of carbonyl (C=O) groups excluding carboxylic acids is 1. The summed E-state index contributed by atoms with van der Waals surface area (Å²) in [6, 6.07) is 2.96. The quantitative estimate of drug-likeness (QED) is 0.720. The highest BCUT2D eigenvalue weighted by molar-refractivity contribution is 5.81. The Morgan fingerprint density at radius 1 is 1.33 bits per heavy atom. The first kappa shape index (κ1) is 20.1. The zero-order chi connectivity index (χ0) is 18.2. The number of alkyl halides is 3. The number of nitrogens with one attached hydrogen (secondary N) is 2. The number of ether oxygens (including phenoxy) is 2. The van der Waals surface area contributed by atoms with Crippen LogP contribution >= 0.6 is 0 Å². The van der Waals surface area contributed by atoms with Crippen LogP contribution in [-0.4, -0.2) is 38.8 Å². The molecule has 24 heavy (non-hydrogen) atoms. The standard InChI is InChI=1S/C16H23F3N2O3/c1-4-7-24-14-6-5-12(16(17,18)19)8-13(14)20-9-15(22)21-11(2)10-23-3/h5-6,8,11,20H,4,7,9-10H2,1-3H3,(H,21,22). The maximum atomic E-state index is 12.8. The Hall–Kier alpha value is -1.96. The summed E-state index contributed by atoms with van der Waals surface area (Å²) in [4.78, 5) is 11.8. The van der Waals surface area contributed by atoms with Crippen molar-refractivity contribution in [2.24, 2.45) is 0 Å². The molecule has 0 saturated heterocycles. The third-order valence-corrected chi connectivity index (χ3v) is 3.03. The van der Waals surface area contributed by atoms with Crippen molar-refractivity contribution in [3.63, 3.8) is 0 Å². The summed E-state index contributed by atoms with van der Waals surface area (Å²) in [5.41, 5.74) is -0.671. The number of halogens is 3. The summed E-state index contributed by atoms with van der Waals surface area (Å²) in [5, 5.41) is 5.37. The fraction of sp³-hybridized carbons (Fsp3) is 0.562. The maximum Gasteiger partial charge on any atom is 0.416 e. The lowest BCUT2D eigenvalue weighted by Gasteiger charge is -2.17. The second-order valence-corrected chi connectivity index (χ2v) is 5.33. The molecule has 1 aromatic rings. The molecular weight excluding hydrogens is 325 g/mol. The predicted molar refractivity (Wildman–Crippen MR) is 85.2 cm³/mol. The van der Waals surface area contributed by atoms with Crippen molar-refractivity contribution < 1.29 is 27.4 Å². The van der Waals surface area contributed by atoms with Gasteiger partial charge in [0, 0.05) is 13.2 Å². The molecule has 0 spiro atoms. The number of methoxy groups -OCH3 is 1. The van der Waals surface area contributed by atoms with Gasteiger partial charge >= 0.3 is 6.18 Å². The summed E-state index contributed by atoms with van der Waals surface area (Å²) >= 11 is 0. The Balaban J connectivity index is 2.80. The fourth-order valence-electron chi connectivity index (χ4n) is 1.98. The van der Waals surface area contributed by atoms with Crippen molar-refractivity contribution >= 4 is 11.6 Å². The molecule has 1 aromatic carbocycles. The van der Waals surface area contributed by atoms with Gasteiger partial charge in [-0.15, -0.1) is 0 Å². The number of hydrogen-bond donors (Lipinski definition) is 2. The van der Waals surface area contributed by atoms with Gasteiger partial charge in [0.05, 0.1) is 31.0 Å². The van der Waals surface area contributed by atoms with E-state index < -0.39 is 11.7 Å². The second-order valence-electron chi connectivity index (χ2n) is 5.33. The SMILES string of the molecule is CCCOc1ccc(C(F)(F)F)cc1NCC(=O)NC(C)COC. The van der Waals surface area contributed by atoms with Crippen LogP contribution in [0.25, 0.3) is 0 Å². The molecule has 2 N–H and O–H groups in total. The highest BCUT2D eigenvalue weighted by Crippen LogP contribution is 2.35. The Labute approximate surface area is 139 Å². The normalized spacial score (nSPS) is 12.6. The zero-order valence-corrected chi connectivity index (χ0v) is 14.0. The molecule has 0 aliphatic heterocycles. The van der Waals surface area contributed by atoms with Gasteiger partial charge in [-0.2, -0.15) is 13.2 Å². The van der Waals surface area contributed by atoms with Gasteiger partial charge in [0.25, 0.3) is 0 Å². The lowest BCUT2D eigenvalue weighted by Crippen LogP contribution is -2.39. The molecule has 0 radical (unpaired) electrons. The highest BCUT2D eigenvalue weighted by Gasteiger charge is 2.31. The average molecular weight is 348 g/mol. The van der Waals surface area contributed by atoms with Crippen molar-refractivity contribution in [1.82, 2.24) is 5.32 Å². The minimum absolute atomic E-state index is 0.132. The molecule has 1 unspecified atom stereocenters. The van der Waals surface area contributed by atoms with Gasteiger partial charge in [-0.25, -0.2) is 0 Å². The van der Waals surface area contributed by atoms with E-state index in [0.717, 1.165) is 18.6 Å². The monoisotopic (exact) mass is 348 g/mol. The van der Waals surface area contributed by atoms with Gasteiger partial charge in [0.2, 0.25) is 5.91 Å². The summed E-state index contributed by atoms with van der Waals surface area (Å²) in [7, 11) is 1.51. The van der Waals surface area contributed by atoms with E-state index in [4.69, 9.17) is 9.47 Å². The van der Waals surface area contributed by atoms with Crippen LogP contribution in [-0.2, 0) is 15.7 Å². The first-order valence-corrected chi connectivity index (χ1v) is 7.64. The molecule has 5 nitrogen and oxygen atoms in total. The number of hydrogen-bond acceptors (Lipinski definition) is 4. The average Bonchev–Trinajstić information content (AvgIpc) is 2.50. The van der Waals surface area contributed by atoms with Crippen LogP contribution in [0, 0.1) is 0 Å². The third-order valence-electron chi connectivity index (χ3n) is 3.03. The number of anilines is 1. The minimum atomic E-state index is -4.46. The molecule has 0 saturated carbocycles. The maximum absolute atomic E-state index is 12.8. The van der Waals surface area contributed by atoms with Crippen LogP contribution in [0.1, 0.15) is 25.8 Å². The first-order valence-electron chi connectivity index (χ1n) is 7.64. The van der Waals surface area contributed by atoms with E-state index >= 15 is 0 Å². The number of carbonyl (C=O) groups is 1. The minimum Gasteiger partial charge on any atom is -0.491 e. The first-order chi connectivity index (χ1) is 11.3. The van der Waals surface area contributed by atoms with Gasteiger partial charge in [-0.3, -0.25) is 4.79 Å². The van der Waals surface area contributed by atoms with Crippen molar-refractivity contribution in [2.45, 2.75) is 32.5 Å². The highest BCUT2D eigenvalue weighted by atomic mass is 19.4. The van der Waals surface area contributed by atoms with Gasteiger partial charge in [-0.1, -0.05) is 6.92 Å². The Morgan fingerprint density at radius 2 is 2.04 bits per heavy atom. The molecule has 0 aromatic heterocycles. The summed E-state index contributed by atoms with van der Waals surface area (Å²) in [6.45, 7) is 4.21. The van der Waals surface area contributed by atoms with Gasteiger partial charge in [0.15, 0.2) is 0 Å². The fourth-order valence-corrected chi connectivity index (χ4v) is 1.98. The molecule has 8 heteroatoms. The van der Waals surface area contributed by atoms with Crippen LogP contribution in [0.4, 0.5) is 18.9 Å². The van der Waals surface area contributed by atoms with Gasteiger partial charge < -0.3 is 20.1 Å². The number of amides is 1. The molecule has 0 bridgehead atoms. The van der Waals surface area contributed by atoms with E-state index in [1.54, 1.807) is 6.92 Å². The zero-order valence-electron chi connectivity index (χ0n) is 14.0. The Kier molecular flexibility index (Phi) is 7.84. The van der Waals surface area contributed by atoms with Crippen LogP contribution < -0.4 is 15.4 Å². The van der Waals surface area contributed by atoms with E-state index in [0.29, 0.717) is 13.2 Å². The predicted octanol–water partition coefficient (Wildman–Crippen LogP) is 3.06. The Morgan fingerprint density at radius 3 is 2.62 bits per heavy atom. The van der Waals surface area contributed by atoms with Crippen LogP contribution in [0.15, 0.2) is 18.2 Å².